The second-order valence-electron chi connectivity index (χ2n) is 3.05. The monoisotopic (exact) mass is 185 g/mol. The van der Waals surface area contributed by atoms with Gasteiger partial charge in [0.05, 0.1) is 0 Å². The quantitative estimate of drug-likeness (QED) is 0.505. The summed E-state index contributed by atoms with van der Waals surface area (Å²) in [5.74, 6) is -0.364. The predicted molar refractivity (Wildman–Crippen MR) is 53.3 cm³/mol. The van der Waals surface area contributed by atoms with Gasteiger partial charge in [-0.1, -0.05) is 20.4 Å². The lowest BCUT2D eigenvalue weighted by Gasteiger charge is -2.30. The highest BCUT2D eigenvalue weighted by molar-refractivity contribution is 5.81. The zero-order chi connectivity index (χ0) is 10.3. The van der Waals surface area contributed by atoms with E-state index in [9.17, 15) is 4.79 Å². The zero-order valence-corrected chi connectivity index (χ0v) is 8.51. The summed E-state index contributed by atoms with van der Waals surface area (Å²) in [5.41, 5.74) is 5.08. The average Bonchev–Trinajstić information content (AvgIpc) is 2.17. The van der Waals surface area contributed by atoms with E-state index in [1.807, 2.05) is 13.8 Å². The Morgan fingerprint density at radius 2 is 2.08 bits per heavy atom. The molecule has 0 atom stereocenters. The molecule has 0 saturated carbocycles. The number of rotatable bonds is 6. The number of carbonyl (C=O) groups excluding carboxylic acids is 1. The first-order valence-corrected chi connectivity index (χ1v) is 4.69. The number of ether oxygens (including phenoxy) is 1. The summed E-state index contributed by atoms with van der Waals surface area (Å²) in [6.45, 7) is 7.89. The van der Waals surface area contributed by atoms with E-state index in [0.29, 0.717) is 13.0 Å². The summed E-state index contributed by atoms with van der Waals surface area (Å²) in [6.07, 6.45) is 3.48. The van der Waals surface area contributed by atoms with Crippen molar-refractivity contribution < 1.29 is 9.53 Å². The molecule has 3 nitrogen and oxygen atoms in total. The average molecular weight is 185 g/mol. The van der Waals surface area contributed by atoms with Crippen molar-refractivity contribution in [1.29, 1.82) is 0 Å². The van der Waals surface area contributed by atoms with E-state index in [1.165, 1.54) is 6.08 Å². The van der Waals surface area contributed by atoms with Gasteiger partial charge >= 0.3 is 5.97 Å². The van der Waals surface area contributed by atoms with Crippen molar-refractivity contribution in [3.63, 3.8) is 0 Å². The molecule has 2 N–H and O–H groups in total. The van der Waals surface area contributed by atoms with Gasteiger partial charge in [-0.2, -0.15) is 0 Å². The van der Waals surface area contributed by atoms with Crippen LogP contribution in [-0.2, 0) is 9.53 Å². The van der Waals surface area contributed by atoms with Gasteiger partial charge in [0, 0.05) is 6.08 Å². The Bertz CT molecular complexity index is 174. The molecule has 0 spiro atoms. The molecule has 0 aromatic heterocycles. The molecule has 0 aliphatic carbocycles. The van der Waals surface area contributed by atoms with E-state index in [0.717, 1.165) is 12.8 Å². The molecule has 0 aliphatic heterocycles. The fourth-order valence-corrected chi connectivity index (χ4v) is 1.32. The van der Waals surface area contributed by atoms with E-state index >= 15 is 0 Å². The molecule has 0 bridgehead atoms. The fourth-order valence-electron chi connectivity index (χ4n) is 1.32. The van der Waals surface area contributed by atoms with Crippen LogP contribution < -0.4 is 5.73 Å². The molecule has 0 radical (unpaired) electrons. The van der Waals surface area contributed by atoms with Gasteiger partial charge < -0.3 is 10.5 Å². The van der Waals surface area contributed by atoms with Gasteiger partial charge in [0.25, 0.3) is 0 Å². The smallest absolute Gasteiger partial charge is 0.330 e. The van der Waals surface area contributed by atoms with E-state index in [-0.39, 0.29) is 11.6 Å². The predicted octanol–water partition coefficient (Wildman–Crippen LogP) is 1.62. The fraction of sp³-hybridized carbons (Fsp3) is 0.700. The summed E-state index contributed by atoms with van der Waals surface area (Å²) in [5, 5.41) is 0. The van der Waals surface area contributed by atoms with E-state index in [2.05, 4.69) is 6.58 Å². The van der Waals surface area contributed by atoms with Gasteiger partial charge in [-0.3, -0.25) is 0 Å². The minimum Gasteiger partial charge on any atom is -0.456 e. The molecule has 0 heterocycles. The maximum atomic E-state index is 11.0. The third-order valence-corrected chi connectivity index (χ3v) is 2.37. The lowest BCUT2D eigenvalue weighted by Crippen LogP contribution is -2.35. The molecule has 13 heavy (non-hydrogen) atoms. The van der Waals surface area contributed by atoms with Crippen LogP contribution in [0.4, 0.5) is 0 Å². The van der Waals surface area contributed by atoms with Crippen LogP contribution in [0.5, 0.6) is 0 Å². The van der Waals surface area contributed by atoms with Crippen molar-refractivity contribution in [2.75, 3.05) is 6.54 Å². The molecule has 0 unspecified atom stereocenters. The highest BCUT2D eigenvalue weighted by atomic mass is 16.6. The first-order valence-electron chi connectivity index (χ1n) is 4.69. The van der Waals surface area contributed by atoms with Crippen molar-refractivity contribution in [3.05, 3.63) is 12.7 Å². The zero-order valence-electron chi connectivity index (χ0n) is 8.51. The third kappa shape index (κ3) is 3.59. The van der Waals surface area contributed by atoms with Crippen LogP contribution in [0.3, 0.4) is 0 Å². The van der Waals surface area contributed by atoms with Gasteiger partial charge in [0.2, 0.25) is 0 Å². The molecule has 0 saturated heterocycles. The molecule has 0 aromatic carbocycles. The lowest BCUT2D eigenvalue weighted by atomic mass is 9.93. The number of hydrogen-bond acceptors (Lipinski definition) is 3. The SMILES string of the molecule is C=CC(=O)OC(CC)(CC)CCN. The molecule has 0 amide bonds. The maximum absolute atomic E-state index is 11.0. The summed E-state index contributed by atoms with van der Waals surface area (Å²) < 4.78 is 5.29. The maximum Gasteiger partial charge on any atom is 0.330 e. The van der Waals surface area contributed by atoms with Crippen LogP contribution in [0.25, 0.3) is 0 Å². The lowest BCUT2D eigenvalue weighted by molar-refractivity contribution is -0.155. The first-order chi connectivity index (χ1) is 6.14. The van der Waals surface area contributed by atoms with Crippen molar-refractivity contribution in [2.24, 2.45) is 5.73 Å². The van der Waals surface area contributed by atoms with Gasteiger partial charge in [-0.05, 0) is 25.8 Å². The molecule has 3 heteroatoms. The van der Waals surface area contributed by atoms with Gasteiger partial charge in [0.1, 0.15) is 5.60 Å². The Hall–Kier alpha value is -0.830. The van der Waals surface area contributed by atoms with Crippen molar-refractivity contribution >= 4 is 5.97 Å². The summed E-state index contributed by atoms with van der Waals surface area (Å²) in [4.78, 5) is 11.0. The molecule has 0 rings (SSSR count). The number of carbonyl (C=O) groups is 1. The van der Waals surface area contributed by atoms with E-state index < -0.39 is 0 Å². The topological polar surface area (TPSA) is 52.3 Å². The van der Waals surface area contributed by atoms with Crippen LogP contribution in [-0.4, -0.2) is 18.1 Å². The Morgan fingerprint density at radius 1 is 1.54 bits per heavy atom. The highest BCUT2D eigenvalue weighted by Gasteiger charge is 2.28. The largest absolute Gasteiger partial charge is 0.456 e. The number of esters is 1. The molecule has 76 valence electrons. The van der Waals surface area contributed by atoms with Crippen molar-refractivity contribution in [1.82, 2.24) is 0 Å². The second kappa shape index (κ2) is 5.75. The Kier molecular flexibility index (Phi) is 5.39. The van der Waals surface area contributed by atoms with Crippen LogP contribution in [0.1, 0.15) is 33.1 Å². The third-order valence-electron chi connectivity index (χ3n) is 2.37. The van der Waals surface area contributed by atoms with Gasteiger partial charge in [-0.15, -0.1) is 0 Å². The second-order valence-corrected chi connectivity index (χ2v) is 3.05. The van der Waals surface area contributed by atoms with Gasteiger partial charge in [0.15, 0.2) is 0 Å². The molecule has 0 aliphatic rings. The number of hydrogen-bond donors (Lipinski definition) is 1. The Balaban J connectivity index is 4.36. The summed E-state index contributed by atoms with van der Waals surface area (Å²) >= 11 is 0. The number of nitrogens with two attached hydrogens (primary N) is 1. The molecular formula is C10H19NO2. The van der Waals surface area contributed by atoms with Crippen LogP contribution in [0.2, 0.25) is 0 Å². The summed E-state index contributed by atoms with van der Waals surface area (Å²) in [7, 11) is 0. The van der Waals surface area contributed by atoms with E-state index in [1.54, 1.807) is 0 Å². The normalized spacial score (nSPS) is 11.0. The van der Waals surface area contributed by atoms with Crippen LogP contribution >= 0.6 is 0 Å². The van der Waals surface area contributed by atoms with Crippen molar-refractivity contribution in [2.45, 2.75) is 38.7 Å². The Morgan fingerprint density at radius 3 is 2.38 bits per heavy atom. The Labute approximate surface area is 79.9 Å². The van der Waals surface area contributed by atoms with Crippen LogP contribution in [0, 0.1) is 0 Å². The molecule has 0 aromatic rings. The molecular weight excluding hydrogens is 166 g/mol. The summed E-state index contributed by atoms with van der Waals surface area (Å²) in [6, 6.07) is 0. The van der Waals surface area contributed by atoms with E-state index in [4.69, 9.17) is 10.5 Å². The standard InChI is InChI=1S/C10H19NO2/c1-4-9(12)13-10(5-2,6-3)7-8-11/h4H,1,5-8,11H2,2-3H3. The minimum atomic E-state index is -0.389. The van der Waals surface area contributed by atoms with Crippen molar-refractivity contribution in [3.8, 4) is 0 Å². The van der Waals surface area contributed by atoms with Gasteiger partial charge in [-0.25, -0.2) is 4.79 Å². The highest BCUT2D eigenvalue weighted by Crippen LogP contribution is 2.24. The molecule has 0 fully saturated rings. The first kappa shape index (κ1) is 12.2. The minimum absolute atomic E-state index is 0.364. The van der Waals surface area contributed by atoms with Crippen LogP contribution in [0.15, 0.2) is 12.7 Å².